The third-order valence-corrected chi connectivity index (χ3v) is 6.65. The number of amides is 1. The van der Waals surface area contributed by atoms with E-state index in [9.17, 15) is 4.79 Å². The first-order valence-electron chi connectivity index (χ1n) is 10.5. The van der Waals surface area contributed by atoms with Gasteiger partial charge in [0.2, 0.25) is 5.91 Å². The number of benzene rings is 1. The van der Waals surface area contributed by atoms with Gasteiger partial charge in [0, 0.05) is 31.7 Å². The number of ether oxygens (including phenoxy) is 2. The number of rotatable bonds is 3. The van der Waals surface area contributed by atoms with Crippen LogP contribution in [0.1, 0.15) is 31.2 Å². The molecule has 0 radical (unpaired) electrons. The van der Waals surface area contributed by atoms with E-state index in [1.807, 2.05) is 23.1 Å². The summed E-state index contributed by atoms with van der Waals surface area (Å²) in [5, 5.41) is 0.394. The van der Waals surface area contributed by atoms with E-state index in [1.54, 1.807) is 6.20 Å². The van der Waals surface area contributed by atoms with Gasteiger partial charge in [-0.2, -0.15) is 0 Å². The number of para-hydroxylation sites is 1. The highest BCUT2D eigenvalue weighted by atomic mass is 35.5. The molecule has 158 valence electrons. The molecule has 5 rings (SSSR count). The summed E-state index contributed by atoms with van der Waals surface area (Å²) >= 11 is 6.00. The van der Waals surface area contributed by atoms with Gasteiger partial charge >= 0.3 is 0 Å². The molecule has 1 aromatic carbocycles. The van der Waals surface area contributed by atoms with Crippen LogP contribution in [-0.4, -0.2) is 53.6 Å². The van der Waals surface area contributed by atoms with Crippen molar-refractivity contribution in [3.63, 3.8) is 0 Å². The van der Waals surface area contributed by atoms with Gasteiger partial charge in [0.1, 0.15) is 24.2 Å². The van der Waals surface area contributed by atoms with Gasteiger partial charge in [-0.25, -0.2) is 4.98 Å². The molecule has 4 heterocycles. The maximum Gasteiger partial charge on any atom is 0.229 e. The van der Waals surface area contributed by atoms with Gasteiger partial charge in [-0.15, -0.1) is 0 Å². The Morgan fingerprint density at radius 3 is 2.73 bits per heavy atom. The molecule has 0 atom stereocenters. The Labute approximate surface area is 181 Å². The maximum absolute atomic E-state index is 13.6. The molecule has 7 nitrogen and oxygen atoms in total. The molecule has 0 saturated carbocycles. The number of nitrogens with zero attached hydrogens (tertiary/aromatic N) is 4. The minimum absolute atomic E-state index is 0.264. The normalized spacial score (nSPS) is 20.5. The zero-order valence-corrected chi connectivity index (χ0v) is 17.6. The van der Waals surface area contributed by atoms with Crippen molar-refractivity contribution in [2.24, 2.45) is 5.41 Å². The molecular weight excluding hydrogens is 404 g/mol. The number of fused-ring (bicyclic) bond motifs is 1. The fourth-order valence-corrected chi connectivity index (χ4v) is 5.02. The minimum atomic E-state index is -0.285. The second-order valence-corrected chi connectivity index (χ2v) is 8.63. The highest BCUT2D eigenvalue weighted by molar-refractivity contribution is 6.29. The molecule has 1 spiro atoms. The van der Waals surface area contributed by atoms with Crippen molar-refractivity contribution in [1.82, 2.24) is 14.9 Å². The Hall–Kier alpha value is -2.54. The van der Waals surface area contributed by atoms with Gasteiger partial charge in [-0.3, -0.25) is 9.78 Å². The maximum atomic E-state index is 13.6. The van der Waals surface area contributed by atoms with Gasteiger partial charge in [-0.05, 0) is 31.7 Å². The molecule has 3 aliphatic rings. The van der Waals surface area contributed by atoms with Crippen LogP contribution in [0, 0.1) is 5.41 Å². The Morgan fingerprint density at radius 1 is 1.07 bits per heavy atom. The molecule has 0 N–H and O–H groups in total. The van der Waals surface area contributed by atoms with Crippen molar-refractivity contribution >= 4 is 23.3 Å². The zero-order valence-electron chi connectivity index (χ0n) is 16.8. The number of aromatic nitrogens is 2. The standard InChI is InChI=1S/C22H25ClN4O3/c23-18-13-24-14-19(25-18)26-9-6-22(7-10-26)5-2-8-27(21(22)28)15-16-3-1-4-17-20(16)30-12-11-29-17/h1,3-4,13-14H,2,5-12,15H2. The number of carbonyl (C=O) groups excluding carboxylic acids is 1. The number of anilines is 1. The SMILES string of the molecule is O=C1N(Cc2cccc3c2OCCO3)CCCC12CCN(c1cncc(Cl)n1)CC2. The van der Waals surface area contributed by atoms with Crippen molar-refractivity contribution in [3.05, 3.63) is 41.3 Å². The smallest absolute Gasteiger partial charge is 0.229 e. The van der Waals surface area contributed by atoms with E-state index in [4.69, 9.17) is 21.1 Å². The Kier molecular flexibility index (Phi) is 5.15. The summed E-state index contributed by atoms with van der Waals surface area (Å²) in [7, 11) is 0. The van der Waals surface area contributed by atoms with Crippen LogP contribution in [0.5, 0.6) is 11.5 Å². The molecule has 0 aliphatic carbocycles. The first kappa shape index (κ1) is 19.4. The van der Waals surface area contributed by atoms with E-state index in [2.05, 4.69) is 14.9 Å². The van der Waals surface area contributed by atoms with E-state index < -0.39 is 0 Å². The summed E-state index contributed by atoms with van der Waals surface area (Å²) in [6.45, 7) is 4.03. The van der Waals surface area contributed by atoms with Crippen LogP contribution in [0.25, 0.3) is 0 Å². The average molecular weight is 429 g/mol. The number of carbonyl (C=O) groups is 1. The molecule has 30 heavy (non-hydrogen) atoms. The molecule has 2 aromatic rings. The lowest BCUT2D eigenvalue weighted by Gasteiger charge is -2.46. The second kappa shape index (κ2) is 7.95. The van der Waals surface area contributed by atoms with Crippen molar-refractivity contribution in [1.29, 1.82) is 0 Å². The van der Waals surface area contributed by atoms with Crippen LogP contribution in [0.3, 0.4) is 0 Å². The number of piperidine rings is 2. The monoisotopic (exact) mass is 428 g/mol. The first-order chi connectivity index (χ1) is 14.6. The average Bonchev–Trinajstić information content (AvgIpc) is 2.78. The van der Waals surface area contributed by atoms with E-state index >= 15 is 0 Å². The fraction of sp³-hybridized carbons (Fsp3) is 0.500. The number of likely N-dealkylation sites (tertiary alicyclic amines) is 1. The third-order valence-electron chi connectivity index (χ3n) is 6.47. The molecular formula is C22H25ClN4O3. The van der Waals surface area contributed by atoms with Crippen LogP contribution in [0.2, 0.25) is 5.15 Å². The third kappa shape index (κ3) is 3.55. The van der Waals surface area contributed by atoms with E-state index in [1.165, 1.54) is 6.20 Å². The Balaban J connectivity index is 1.30. The largest absolute Gasteiger partial charge is 0.486 e. The topological polar surface area (TPSA) is 67.8 Å². The van der Waals surface area contributed by atoms with Crippen LogP contribution in [0.15, 0.2) is 30.6 Å². The lowest BCUT2D eigenvalue weighted by Crippen LogP contribution is -2.53. The summed E-state index contributed by atoms with van der Waals surface area (Å²) in [6.07, 6.45) is 6.89. The summed E-state index contributed by atoms with van der Waals surface area (Å²) in [5.74, 6) is 2.60. The van der Waals surface area contributed by atoms with Crippen molar-refractivity contribution in [2.45, 2.75) is 32.2 Å². The highest BCUT2D eigenvalue weighted by Crippen LogP contribution is 2.43. The molecule has 0 unspecified atom stereocenters. The van der Waals surface area contributed by atoms with Gasteiger partial charge in [0.25, 0.3) is 0 Å². The summed E-state index contributed by atoms with van der Waals surface area (Å²) < 4.78 is 11.5. The van der Waals surface area contributed by atoms with E-state index in [-0.39, 0.29) is 11.3 Å². The summed E-state index contributed by atoms with van der Waals surface area (Å²) in [5.41, 5.74) is 0.733. The Bertz CT molecular complexity index is 946. The van der Waals surface area contributed by atoms with Gasteiger partial charge < -0.3 is 19.3 Å². The number of hydrogen-bond donors (Lipinski definition) is 0. The van der Waals surface area contributed by atoms with Gasteiger partial charge in [0.05, 0.1) is 17.8 Å². The first-order valence-corrected chi connectivity index (χ1v) is 10.9. The molecule has 2 saturated heterocycles. The molecule has 3 aliphatic heterocycles. The quantitative estimate of drug-likeness (QED) is 0.747. The molecule has 1 aromatic heterocycles. The molecule has 0 bridgehead atoms. The van der Waals surface area contributed by atoms with Crippen LogP contribution in [0.4, 0.5) is 5.82 Å². The summed E-state index contributed by atoms with van der Waals surface area (Å²) in [6, 6.07) is 5.92. The predicted octanol–water partition coefficient (Wildman–Crippen LogP) is 3.31. The van der Waals surface area contributed by atoms with Crippen molar-refractivity contribution < 1.29 is 14.3 Å². The van der Waals surface area contributed by atoms with Crippen LogP contribution >= 0.6 is 11.6 Å². The van der Waals surface area contributed by atoms with E-state index in [0.29, 0.717) is 24.9 Å². The van der Waals surface area contributed by atoms with Gasteiger partial charge in [-0.1, -0.05) is 23.7 Å². The molecule has 2 fully saturated rings. The van der Waals surface area contributed by atoms with Crippen LogP contribution < -0.4 is 14.4 Å². The molecule has 1 amide bonds. The number of halogens is 1. The minimum Gasteiger partial charge on any atom is -0.486 e. The Morgan fingerprint density at radius 2 is 1.90 bits per heavy atom. The molecule has 8 heteroatoms. The second-order valence-electron chi connectivity index (χ2n) is 8.24. The summed E-state index contributed by atoms with van der Waals surface area (Å²) in [4.78, 5) is 26.2. The highest BCUT2D eigenvalue weighted by Gasteiger charge is 2.46. The van der Waals surface area contributed by atoms with Crippen molar-refractivity contribution in [3.8, 4) is 11.5 Å². The fourth-order valence-electron chi connectivity index (χ4n) is 4.88. The van der Waals surface area contributed by atoms with E-state index in [0.717, 1.165) is 68.2 Å². The lowest BCUT2D eigenvalue weighted by atomic mass is 9.71. The van der Waals surface area contributed by atoms with Gasteiger partial charge in [0.15, 0.2) is 11.5 Å². The number of hydrogen-bond acceptors (Lipinski definition) is 6. The van der Waals surface area contributed by atoms with Crippen molar-refractivity contribution in [2.75, 3.05) is 37.7 Å². The van der Waals surface area contributed by atoms with Crippen LogP contribution in [-0.2, 0) is 11.3 Å². The predicted molar refractivity (Wildman–Crippen MR) is 113 cm³/mol. The lowest BCUT2D eigenvalue weighted by molar-refractivity contribution is -0.148. The zero-order chi connectivity index (χ0) is 20.6.